The van der Waals surface area contributed by atoms with Crippen molar-refractivity contribution in [2.24, 2.45) is 0 Å². The lowest BCUT2D eigenvalue weighted by Gasteiger charge is -2.09. The van der Waals surface area contributed by atoms with E-state index in [1.165, 1.54) is 0 Å². The van der Waals surface area contributed by atoms with Crippen LogP contribution in [0.5, 0.6) is 5.75 Å². The van der Waals surface area contributed by atoms with Crippen LogP contribution in [0.15, 0.2) is 44.0 Å². The largest absolute Gasteiger partial charge is 0.497 e. The molecule has 0 saturated carbocycles. The molecular weight excluding hydrogens is 428 g/mol. The summed E-state index contributed by atoms with van der Waals surface area (Å²) >= 11 is 0. The second-order valence-corrected chi connectivity index (χ2v) is 7.85. The quantitative estimate of drug-likeness (QED) is 0.395. The van der Waals surface area contributed by atoms with Crippen LogP contribution >= 0.6 is 0 Å². The minimum atomic E-state index is -1.01. The van der Waals surface area contributed by atoms with Crippen molar-refractivity contribution >= 4 is 33.9 Å². The van der Waals surface area contributed by atoms with Crippen LogP contribution in [0.25, 0.3) is 33.3 Å². The smallest absolute Gasteiger partial charge is 0.339 e. The summed E-state index contributed by atoms with van der Waals surface area (Å²) in [5.74, 6) is -0.950. The first-order chi connectivity index (χ1) is 15.7. The molecule has 0 aliphatic carbocycles. The molecule has 0 amide bonds. The maximum atomic E-state index is 12.6. The van der Waals surface area contributed by atoms with Gasteiger partial charge in [-0.05, 0) is 56.2 Å². The second kappa shape index (κ2) is 8.46. The predicted octanol–water partition coefficient (Wildman–Crippen LogP) is 4.48. The first-order valence-electron chi connectivity index (χ1n) is 10.3. The third-order valence-electron chi connectivity index (χ3n) is 5.83. The van der Waals surface area contributed by atoms with Crippen LogP contribution in [0.1, 0.15) is 28.7 Å². The van der Waals surface area contributed by atoms with Gasteiger partial charge in [-0.1, -0.05) is 0 Å². The summed E-state index contributed by atoms with van der Waals surface area (Å²) in [7, 11) is 1.56. The molecule has 8 nitrogen and oxygen atoms in total. The van der Waals surface area contributed by atoms with Gasteiger partial charge >= 0.3 is 17.6 Å². The maximum Gasteiger partial charge on any atom is 0.339 e. The highest BCUT2D eigenvalue weighted by molar-refractivity contribution is 6.03. The van der Waals surface area contributed by atoms with E-state index in [2.05, 4.69) is 0 Å². The van der Waals surface area contributed by atoms with E-state index in [1.807, 2.05) is 0 Å². The fourth-order valence-electron chi connectivity index (χ4n) is 4.13. The number of carbonyl (C=O) groups is 2. The number of carboxylic acids is 2. The number of carboxylic acid groups (broad SMARTS) is 2. The zero-order valence-corrected chi connectivity index (χ0v) is 18.4. The van der Waals surface area contributed by atoms with E-state index in [4.69, 9.17) is 18.7 Å². The molecule has 0 spiro atoms. The molecule has 0 fully saturated rings. The van der Waals surface area contributed by atoms with Gasteiger partial charge in [-0.3, -0.25) is 9.59 Å². The normalized spacial score (nSPS) is 11.2. The summed E-state index contributed by atoms with van der Waals surface area (Å²) in [5, 5.41) is 19.8. The van der Waals surface area contributed by atoms with Gasteiger partial charge in [-0.25, -0.2) is 4.79 Å². The monoisotopic (exact) mass is 450 g/mol. The standard InChI is InChI=1S/C25H22O8/c1-12-16(8-9-20(26)27)25(30)33-22-13(2)23-18(10-17(12)22)19(11-21(28)29)24(32-23)14-4-6-15(31-3)7-5-14/h4-7,10H,8-9,11H2,1-3H3,(H,26,27)(H,28,29). The summed E-state index contributed by atoms with van der Waals surface area (Å²) in [6.45, 7) is 3.48. The minimum Gasteiger partial charge on any atom is -0.497 e. The first kappa shape index (κ1) is 22.1. The fourth-order valence-corrected chi connectivity index (χ4v) is 4.13. The summed E-state index contributed by atoms with van der Waals surface area (Å²) in [4.78, 5) is 35.3. The van der Waals surface area contributed by atoms with Gasteiger partial charge in [0.15, 0.2) is 0 Å². The molecule has 33 heavy (non-hydrogen) atoms. The lowest BCUT2D eigenvalue weighted by atomic mass is 9.96. The number of hydrogen-bond donors (Lipinski definition) is 2. The van der Waals surface area contributed by atoms with Crippen LogP contribution < -0.4 is 10.4 Å². The highest BCUT2D eigenvalue weighted by atomic mass is 16.5. The number of benzene rings is 2. The van der Waals surface area contributed by atoms with Gasteiger partial charge in [0.2, 0.25) is 0 Å². The molecule has 170 valence electrons. The Hall–Kier alpha value is -4.07. The summed E-state index contributed by atoms with van der Waals surface area (Å²) in [5.41, 5.74) is 2.85. The average molecular weight is 450 g/mol. The summed E-state index contributed by atoms with van der Waals surface area (Å²) in [6, 6.07) is 8.84. The fraction of sp³-hybridized carbons (Fsp3) is 0.240. The summed E-state index contributed by atoms with van der Waals surface area (Å²) in [6.07, 6.45) is -0.419. The van der Waals surface area contributed by atoms with Crippen LogP contribution in [0, 0.1) is 13.8 Å². The summed E-state index contributed by atoms with van der Waals surface area (Å²) < 4.78 is 16.9. The molecule has 2 heterocycles. The molecule has 4 rings (SSSR count). The molecule has 0 radical (unpaired) electrons. The second-order valence-electron chi connectivity index (χ2n) is 7.85. The molecular formula is C25H22O8. The number of fused-ring (bicyclic) bond motifs is 2. The predicted molar refractivity (Wildman–Crippen MR) is 121 cm³/mol. The first-order valence-corrected chi connectivity index (χ1v) is 10.3. The number of aryl methyl sites for hydroxylation is 2. The minimum absolute atomic E-state index is 0.0427. The highest BCUT2D eigenvalue weighted by Crippen LogP contribution is 2.39. The number of furan rings is 1. The highest BCUT2D eigenvalue weighted by Gasteiger charge is 2.23. The Bertz CT molecular complexity index is 1450. The van der Waals surface area contributed by atoms with Crippen molar-refractivity contribution in [2.75, 3.05) is 7.11 Å². The van der Waals surface area contributed by atoms with Crippen LogP contribution in [0.3, 0.4) is 0 Å². The molecule has 0 aliphatic rings. The van der Waals surface area contributed by atoms with Gasteiger partial charge in [0.1, 0.15) is 22.7 Å². The van der Waals surface area contributed by atoms with Crippen LogP contribution in [0.2, 0.25) is 0 Å². The Balaban J connectivity index is 2.01. The van der Waals surface area contributed by atoms with Crippen molar-refractivity contribution in [3.05, 3.63) is 63.0 Å². The lowest BCUT2D eigenvalue weighted by molar-refractivity contribution is -0.137. The van der Waals surface area contributed by atoms with Crippen molar-refractivity contribution in [1.29, 1.82) is 0 Å². The van der Waals surface area contributed by atoms with E-state index in [-0.39, 0.29) is 19.3 Å². The van der Waals surface area contributed by atoms with Gasteiger partial charge in [-0.15, -0.1) is 0 Å². The van der Waals surface area contributed by atoms with E-state index < -0.39 is 17.6 Å². The Labute approximate surface area is 188 Å². The topological polar surface area (TPSA) is 127 Å². The van der Waals surface area contributed by atoms with E-state index in [9.17, 15) is 19.5 Å². The van der Waals surface area contributed by atoms with Gasteiger partial charge in [-0.2, -0.15) is 0 Å². The third-order valence-corrected chi connectivity index (χ3v) is 5.83. The molecule has 4 aromatic rings. The van der Waals surface area contributed by atoms with Crippen LogP contribution in [-0.2, 0) is 22.4 Å². The van der Waals surface area contributed by atoms with Crippen molar-refractivity contribution < 1.29 is 33.4 Å². The van der Waals surface area contributed by atoms with E-state index >= 15 is 0 Å². The Kier molecular flexibility index (Phi) is 5.68. The molecule has 0 atom stereocenters. The SMILES string of the molecule is COc1ccc(-c2oc3c(C)c4oc(=O)c(CCC(=O)O)c(C)c4cc3c2CC(=O)O)cc1. The Morgan fingerprint density at radius 3 is 2.18 bits per heavy atom. The number of methoxy groups -OCH3 is 1. The van der Waals surface area contributed by atoms with Gasteiger partial charge < -0.3 is 23.8 Å². The molecule has 0 saturated heterocycles. The molecule has 0 unspecified atom stereocenters. The number of hydrogen-bond acceptors (Lipinski definition) is 6. The van der Waals surface area contributed by atoms with Crippen molar-refractivity contribution in [1.82, 2.24) is 0 Å². The average Bonchev–Trinajstić information content (AvgIpc) is 3.12. The van der Waals surface area contributed by atoms with E-state index in [0.29, 0.717) is 61.3 Å². The lowest BCUT2D eigenvalue weighted by Crippen LogP contribution is -2.12. The van der Waals surface area contributed by atoms with Crippen LogP contribution in [0.4, 0.5) is 0 Å². The molecule has 8 heteroatoms. The number of rotatable bonds is 7. The van der Waals surface area contributed by atoms with Gasteiger partial charge in [0.25, 0.3) is 0 Å². The van der Waals surface area contributed by atoms with Crippen LogP contribution in [-0.4, -0.2) is 29.3 Å². The van der Waals surface area contributed by atoms with E-state index in [0.717, 1.165) is 0 Å². The van der Waals surface area contributed by atoms with Crippen molar-refractivity contribution in [2.45, 2.75) is 33.1 Å². The van der Waals surface area contributed by atoms with Crippen molar-refractivity contribution in [3.8, 4) is 17.1 Å². The zero-order valence-electron chi connectivity index (χ0n) is 18.4. The number of aliphatic carboxylic acids is 2. The molecule has 2 aromatic heterocycles. The molecule has 2 aromatic carbocycles. The third kappa shape index (κ3) is 3.95. The molecule has 0 bridgehead atoms. The molecule has 2 N–H and O–H groups in total. The number of ether oxygens (including phenoxy) is 1. The van der Waals surface area contributed by atoms with Gasteiger partial charge in [0, 0.05) is 39.4 Å². The zero-order chi connectivity index (χ0) is 23.9. The maximum absolute atomic E-state index is 12.6. The molecule has 0 aliphatic heterocycles. The van der Waals surface area contributed by atoms with Gasteiger partial charge in [0.05, 0.1) is 13.5 Å². The van der Waals surface area contributed by atoms with Crippen molar-refractivity contribution in [3.63, 3.8) is 0 Å². The van der Waals surface area contributed by atoms with E-state index in [1.54, 1.807) is 51.3 Å². The Morgan fingerprint density at radius 1 is 0.909 bits per heavy atom. The Morgan fingerprint density at radius 2 is 1.58 bits per heavy atom.